The fourth-order valence-corrected chi connectivity index (χ4v) is 3.19. The highest BCUT2D eigenvalue weighted by Gasteiger charge is 2.25. The summed E-state index contributed by atoms with van der Waals surface area (Å²) >= 11 is 6.04. The van der Waals surface area contributed by atoms with Crippen LogP contribution in [0.5, 0.6) is 0 Å². The molecule has 7 heteroatoms. The van der Waals surface area contributed by atoms with Crippen molar-refractivity contribution < 1.29 is 9.72 Å². The first kappa shape index (κ1) is 17.4. The van der Waals surface area contributed by atoms with E-state index in [0.717, 1.165) is 19.5 Å². The lowest BCUT2D eigenvalue weighted by atomic mass is 9.99. The minimum Gasteiger partial charge on any atom is -0.323 e. The van der Waals surface area contributed by atoms with Gasteiger partial charge in [-0.25, -0.2) is 0 Å². The number of anilines is 1. The van der Waals surface area contributed by atoms with Crippen LogP contribution in [0.1, 0.15) is 18.1 Å². The molecule has 0 radical (unpaired) electrons. The van der Waals surface area contributed by atoms with Crippen molar-refractivity contribution in [3.05, 3.63) is 68.7 Å². The summed E-state index contributed by atoms with van der Waals surface area (Å²) in [6, 6.07) is 11.9. The van der Waals surface area contributed by atoms with Crippen LogP contribution in [-0.2, 0) is 17.8 Å². The van der Waals surface area contributed by atoms with Gasteiger partial charge < -0.3 is 5.32 Å². The number of nitrogens with one attached hydrogen (secondary N) is 1. The molecule has 1 aliphatic heterocycles. The highest BCUT2D eigenvalue weighted by molar-refractivity contribution is 6.34. The highest BCUT2D eigenvalue weighted by atomic mass is 35.5. The van der Waals surface area contributed by atoms with Gasteiger partial charge in [0.25, 0.3) is 5.69 Å². The van der Waals surface area contributed by atoms with Gasteiger partial charge in [0.1, 0.15) is 0 Å². The van der Waals surface area contributed by atoms with Crippen LogP contribution in [0.15, 0.2) is 42.5 Å². The molecule has 1 atom stereocenters. The number of hydrogen-bond acceptors (Lipinski definition) is 4. The van der Waals surface area contributed by atoms with Crippen LogP contribution >= 0.6 is 11.6 Å². The topological polar surface area (TPSA) is 75.5 Å². The predicted octanol–water partition coefficient (Wildman–Crippen LogP) is 3.63. The Morgan fingerprint density at radius 1 is 1.28 bits per heavy atom. The second-order valence-electron chi connectivity index (χ2n) is 6.08. The van der Waals surface area contributed by atoms with E-state index in [2.05, 4.69) is 22.3 Å². The van der Waals surface area contributed by atoms with Crippen molar-refractivity contribution in [2.75, 3.05) is 11.9 Å². The number of non-ortho nitro benzene ring substituents is 1. The number of rotatable bonds is 4. The van der Waals surface area contributed by atoms with Gasteiger partial charge in [-0.2, -0.15) is 0 Å². The zero-order chi connectivity index (χ0) is 18.0. The third kappa shape index (κ3) is 3.81. The molecule has 0 unspecified atom stereocenters. The van der Waals surface area contributed by atoms with Crippen LogP contribution in [0.3, 0.4) is 0 Å². The van der Waals surface area contributed by atoms with Gasteiger partial charge in [0, 0.05) is 25.2 Å². The van der Waals surface area contributed by atoms with Gasteiger partial charge in [-0.3, -0.25) is 19.8 Å². The van der Waals surface area contributed by atoms with Crippen molar-refractivity contribution in [3.8, 4) is 0 Å². The summed E-state index contributed by atoms with van der Waals surface area (Å²) < 4.78 is 0. The minimum absolute atomic E-state index is 0.108. The molecule has 0 aromatic heterocycles. The maximum atomic E-state index is 12.5. The van der Waals surface area contributed by atoms with E-state index in [4.69, 9.17) is 11.6 Å². The number of nitrogens with zero attached hydrogens (tertiary/aromatic N) is 2. The van der Waals surface area contributed by atoms with E-state index in [1.807, 2.05) is 19.1 Å². The number of carbonyl (C=O) groups excluding carboxylic acids is 1. The van der Waals surface area contributed by atoms with Gasteiger partial charge in [-0.15, -0.1) is 0 Å². The van der Waals surface area contributed by atoms with Crippen molar-refractivity contribution in [1.29, 1.82) is 0 Å². The van der Waals surface area contributed by atoms with E-state index < -0.39 is 4.92 Å². The highest BCUT2D eigenvalue weighted by Crippen LogP contribution is 2.27. The number of hydrogen-bond donors (Lipinski definition) is 1. The molecule has 0 saturated carbocycles. The second kappa shape index (κ2) is 7.21. The summed E-state index contributed by atoms with van der Waals surface area (Å²) in [5, 5.41) is 13.7. The summed E-state index contributed by atoms with van der Waals surface area (Å²) in [5.41, 5.74) is 2.83. The van der Waals surface area contributed by atoms with Crippen molar-refractivity contribution in [1.82, 2.24) is 4.90 Å². The van der Waals surface area contributed by atoms with E-state index in [1.165, 1.54) is 29.3 Å². The maximum absolute atomic E-state index is 12.5. The number of amides is 1. The Balaban J connectivity index is 1.68. The van der Waals surface area contributed by atoms with E-state index in [1.54, 1.807) is 0 Å². The first-order valence-corrected chi connectivity index (χ1v) is 8.39. The molecule has 130 valence electrons. The van der Waals surface area contributed by atoms with Gasteiger partial charge in [0.2, 0.25) is 5.91 Å². The molecule has 0 bridgehead atoms. The Kier molecular flexibility index (Phi) is 5.01. The molecular formula is C18H18ClN3O3. The first-order chi connectivity index (χ1) is 12.0. The molecule has 0 aliphatic carbocycles. The number of nitro benzene ring substituents is 1. The van der Waals surface area contributed by atoms with E-state index in [0.29, 0.717) is 5.69 Å². The number of nitro groups is 1. The Hall–Kier alpha value is -2.44. The van der Waals surface area contributed by atoms with Crippen molar-refractivity contribution >= 4 is 28.9 Å². The number of benzene rings is 2. The molecule has 1 N–H and O–H groups in total. The molecule has 2 aromatic carbocycles. The lowest BCUT2D eigenvalue weighted by Gasteiger charge is -2.32. The van der Waals surface area contributed by atoms with E-state index in [-0.39, 0.29) is 22.7 Å². The molecule has 0 fully saturated rings. The molecule has 1 amide bonds. The number of carbonyl (C=O) groups is 1. The summed E-state index contributed by atoms with van der Waals surface area (Å²) in [4.78, 5) is 24.9. The third-order valence-electron chi connectivity index (χ3n) is 4.51. The Morgan fingerprint density at radius 3 is 2.68 bits per heavy atom. The molecule has 1 heterocycles. The number of fused-ring (bicyclic) bond motifs is 1. The lowest BCUT2D eigenvalue weighted by Crippen LogP contribution is -2.44. The van der Waals surface area contributed by atoms with Crippen LogP contribution in [0.2, 0.25) is 5.02 Å². The molecule has 6 nitrogen and oxygen atoms in total. The molecule has 25 heavy (non-hydrogen) atoms. The fraction of sp³-hybridized carbons (Fsp3) is 0.278. The van der Waals surface area contributed by atoms with E-state index >= 15 is 0 Å². The molecular weight excluding hydrogens is 342 g/mol. The minimum atomic E-state index is -0.523. The average Bonchev–Trinajstić information content (AvgIpc) is 2.62. The van der Waals surface area contributed by atoms with Crippen LogP contribution in [0, 0.1) is 10.1 Å². The molecule has 0 saturated heterocycles. The van der Waals surface area contributed by atoms with Crippen molar-refractivity contribution in [2.24, 2.45) is 0 Å². The van der Waals surface area contributed by atoms with Gasteiger partial charge >= 0.3 is 0 Å². The van der Waals surface area contributed by atoms with Crippen LogP contribution in [0.4, 0.5) is 11.4 Å². The van der Waals surface area contributed by atoms with Gasteiger partial charge in [-0.1, -0.05) is 35.9 Å². The summed E-state index contributed by atoms with van der Waals surface area (Å²) in [5.74, 6) is -0.185. The maximum Gasteiger partial charge on any atom is 0.271 e. The third-order valence-corrected chi connectivity index (χ3v) is 4.82. The molecule has 3 rings (SSSR count). The van der Waals surface area contributed by atoms with Gasteiger partial charge in [-0.05, 0) is 30.5 Å². The quantitative estimate of drug-likeness (QED) is 0.668. The normalized spacial score (nSPS) is 15.3. The smallest absolute Gasteiger partial charge is 0.271 e. The largest absolute Gasteiger partial charge is 0.323 e. The SMILES string of the molecule is C[C@H](C(=O)Nc1ccc([N+](=O)[O-])cc1Cl)N1CCc2ccccc2C1. The van der Waals surface area contributed by atoms with Gasteiger partial charge in [0.15, 0.2) is 0 Å². The monoisotopic (exact) mass is 359 g/mol. The molecule has 1 aliphatic rings. The summed E-state index contributed by atoms with van der Waals surface area (Å²) in [6.07, 6.45) is 0.909. The van der Waals surface area contributed by atoms with Crippen molar-refractivity contribution in [3.63, 3.8) is 0 Å². The zero-order valence-corrected chi connectivity index (χ0v) is 14.5. The first-order valence-electron chi connectivity index (χ1n) is 8.01. The van der Waals surface area contributed by atoms with Crippen molar-refractivity contribution in [2.45, 2.75) is 25.9 Å². The Bertz CT molecular complexity index is 825. The van der Waals surface area contributed by atoms with Gasteiger partial charge in [0.05, 0.1) is 21.7 Å². The standard InChI is InChI=1S/C18H18ClN3O3/c1-12(21-9-8-13-4-2-3-5-14(13)11-21)18(23)20-17-7-6-15(22(24)25)10-16(17)19/h2-7,10,12H,8-9,11H2,1H3,(H,20,23)/t12-/m1/s1. The summed E-state index contributed by atoms with van der Waals surface area (Å²) in [7, 11) is 0. The Labute approximate surface area is 150 Å². The zero-order valence-electron chi connectivity index (χ0n) is 13.7. The van der Waals surface area contributed by atoms with Crippen LogP contribution in [0.25, 0.3) is 0 Å². The van der Waals surface area contributed by atoms with Crippen LogP contribution < -0.4 is 5.32 Å². The fourth-order valence-electron chi connectivity index (χ4n) is 2.97. The summed E-state index contributed by atoms with van der Waals surface area (Å²) in [6.45, 7) is 3.38. The van der Waals surface area contributed by atoms with E-state index in [9.17, 15) is 14.9 Å². The molecule has 0 spiro atoms. The van der Waals surface area contributed by atoms with Crippen LogP contribution in [-0.4, -0.2) is 28.3 Å². The number of halogens is 1. The average molecular weight is 360 g/mol. The predicted molar refractivity (Wildman–Crippen MR) is 96.8 cm³/mol. The second-order valence-corrected chi connectivity index (χ2v) is 6.48. The molecule has 2 aromatic rings. The Morgan fingerprint density at radius 2 is 2.00 bits per heavy atom. The lowest BCUT2D eigenvalue weighted by molar-refractivity contribution is -0.384.